The van der Waals surface area contributed by atoms with Gasteiger partial charge >= 0.3 is 0 Å². The maximum atomic E-state index is 13.5. The van der Waals surface area contributed by atoms with Crippen molar-refractivity contribution in [2.45, 2.75) is 52.1 Å². The molecule has 1 aromatic carbocycles. The molecule has 7 heteroatoms. The Morgan fingerprint density at radius 2 is 1.94 bits per heavy atom. The van der Waals surface area contributed by atoms with Crippen LogP contribution in [0.15, 0.2) is 54.2 Å². The van der Waals surface area contributed by atoms with Gasteiger partial charge in [0.15, 0.2) is 0 Å². The third kappa shape index (κ3) is 5.14. The molecule has 172 valence electrons. The Morgan fingerprint density at radius 3 is 2.58 bits per heavy atom. The lowest BCUT2D eigenvalue weighted by Crippen LogP contribution is -2.48. The number of amides is 2. The van der Waals surface area contributed by atoms with Crippen LogP contribution in [-0.4, -0.2) is 39.3 Å². The predicted octanol–water partition coefficient (Wildman–Crippen LogP) is 4.56. The molecule has 0 radical (unpaired) electrons. The number of nitrogens with one attached hydrogen (secondary N) is 1. The van der Waals surface area contributed by atoms with E-state index in [0.29, 0.717) is 19.5 Å². The first-order chi connectivity index (χ1) is 16.0. The van der Waals surface area contributed by atoms with Crippen molar-refractivity contribution in [3.05, 3.63) is 71.1 Å². The molecule has 33 heavy (non-hydrogen) atoms. The van der Waals surface area contributed by atoms with Crippen LogP contribution in [0, 0.1) is 12.8 Å². The van der Waals surface area contributed by atoms with Crippen molar-refractivity contribution in [2.75, 3.05) is 6.54 Å². The van der Waals surface area contributed by atoms with Gasteiger partial charge in [-0.1, -0.05) is 44.2 Å². The van der Waals surface area contributed by atoms with E-state index in [0.717, 1.165) is 28.9 Å². The largest absolute Gasteiger partial charge is 0.350 e. The zero-order chi connectivity index (χ0) is 23.4. The van der Waals surface area contributed by atoms with Crippen LogP contribution < -0.4 is 5.32 Å². The molecular weight excluding hydrogens is 432 g/mol. The minimum atomic E-state index is -0.429. The molecule has 6 nitrogen and oxygen atoms in total. The Bertz CT molecular complexity index is 1090. The van der Waals surface area contributed by atoms with Gasteiger partial charge in [-0.25, -0.2) is 4.98 Å². The van der Waals surface area contributed by atoms with Crippen LogP contribution in [0.1, 0.15) is 49.6 Å². The molecule has 1 saturated heterocycles. The summed E-state index contributed by atoms with van der Waals surface area (Å²) >= 11 is 1.63. The van der Waals surface area contributed by atoms with Crippen LogP contribution in [-0.2, 0) is 16.1 Å². The smallest absolute Gasteiger partial charge is 0.243 e. The number of hydrogen-bond acceptors (Lipinski definition) is 5. The summed E-state index contributed by atoms with van der Waals surface area (Å²) in [5.74, 6) is -0.350. The third-order valence-electron chi connectivity index (χ3n) is 6.21. The SMILES string of the molecule is Cc1ncsc1-c1ccc(CNC(=O)C2CCCN2C(=O)C(c2ccccn2)C(C)C)cc1. The lowest BCUT2D eigenvalue weighted by atomic mass is 9.90. The predicted molar refractivity (Wildman–Crippen MR) is 131 cm³/mol. The number of thiazole rings is 1. The summed E-state index contributed by atoms with van der Waals surface area (Å²) in [6.07, 6.45) is 3.24. The van der Waals surface area contributed by atoms with Gasteiger partial charge in [-0.3, -0.25) is 14.6 Å². The van der Waals surface area contributed by atoms with E-state index in [1.165, 1.54) is 4.88 Å². The molecule has 0 aliphatic carbocycles. The first-order valence-corrected chi connectivity index (χ1v) is 12.3. The maximum absolute atomic E-state index is 13.5. The van der Waals surface area contributed by atoms with Crippen molar-refractivity contribution in [1.82, 2.24) is 20.2 Å². The molecule has 0 saturated carbocycles. The van der Waals surface area contributed by atoms with E-state index in [4.69, 9.17) is 0 Å². The quantitative estimate of drug-likeness (QED) is 0.559. The average Bonchev–Trinajstić information content (AvgIpc) is 3.48. The van der Waals surface area contributed by atoms with Gasteiger partial charge < -0.3 is 10.2 Å². The van der Waals surface area contributed by atoms with E-state index in [1.54, 1.807) is 22.4 Å². The monoisotopic (exact) mass is 462 g/mol. The summed E-state index contributed by atoms with van der Waals surface area (Å²) in [5.41, 5.74) is 5.80. The van der Waals surface area contributed by atoms with Gasteiger partial charge in [0, 0.05) is 19.3 Å². The molecule has 1 aliphatic heterocycles. The van der Waals surface area contributed by atoms with Gasteiger partial charge in [0.2, 0.25) is 11.8 Å². The molecule has 0 spiro atoms. The molecule has 3 aromatic rings. The van der Waals surface area contributed by atoms with Crippen molar-refractivity contribution in [3.63, 3.8) is 0 Å². The molecule has 3 heterocycles. The van der Waals surface area contributed by atoms with Crippen molar-refractivity contribution < 1.29 is 9.59 Å². The zero-order valence-corrected chi connectivity index (χ0v) is 20.1. The highest BCUT2D eigenvalue weighted by atomic mass is 32.1. The summed E-state index contributed by atoms with van der Waals surface area (Å²) in [4.78, 5) is 38.1. The van der Waals surface area contributed by atoms with Gasteiger partial charge in [-0.2, -0.15) is 0 Å². The number of carbonyl (C=O) groups is 2. The van der Waals surface area contributed by atoms with Crippen LogP contribution >= 0.6 is 11.3 Å². The maximum Gasteiger partial charge on any atom is 0.243 e. The van der Waals surface area contributed by atoms with Crippen LogP contribution in [0.2, 0.25) is 0 Å². The Kier molecular flexibility index (Phi) is 7.18. The summed E-state index contributed by atoms with van der Waals surface area (Å²) in [5, 5.41) is 3.04. The molecule has 2 amide bonds. The molecule has 0 bridgehead atoms. The summed E-state index contributed by atoms with van der Waals surface area (Å²) in [6, 6.07) is 13.4. The van der Waals surface area contributed by atoms with Crippen LogP contribution in [0.25, 0.3) is 10.4 Å². The van der Waals surface area contributed by atoms with E-state index >= 15 is 0 Å². The molecule has 2 atom stereocenters. The summed E-state index contributed by atoms with van der Waals surface area (Å²) in [6.45, 7) is 7.11. The normalized spacial score (nSPS) is 16.7. The summed E-state index contributed by atoms with van der Waals surface area (Å²) < 4.78 is 0. The number of pyridine rings is 1. The van der Waals surface area contributed by atoms with Crippen LogP contribution in [0.4, 0.5) is 0 Å². The van der Waals surface area contributed by atoms with E-state index < -0.39 is 6.04 Å². The van der Waals surface area contributed by atoms with Gasteiger partial charge in [0.25, 0.3) is 0 Å². The highest BCUT2D eigenvalue weighted by Crippen LogP contribution is 2.30. The summed E-state index contributed by atoms with van der Waals surface area (Å²) in [7, 11) is 0. The van der Waals surface area contributed by atoms with E-state index in [9.17, 15) is 9.59 Å². The van der Waals surface area contributed by atoms with Crippen molar-refractivity contribution in [2.24, 2.45) is 5.92 Å². The number of aromatic nitrogens is 2. The van der Waals surface area contributed by atoms with Crippen LogP contribution in [0.3, 0.4) is 0 Å². The number of nitrogens with zero attached hydrogens (tertiary/aromatic N) is 3. The van der Waals surface area contributed by atoms with E-state index in [1.807, 2.05) is 56.6 Å². The molecule has 4 rings (SSSR count). The Labute approximate surface area is 199 Å². The highest BCUT2D eigenvalue weighted by molar-refractivity contribution is 7.13. The number of benzene rings is 1. The van der Waals surface area contributed by atoms with Crippen molar-refractivity contribution >= 4 is 23.2 Å². The average molecular weight is 463 g/mol. The van der Waals surface area contributed by atoms with Gasteiger partial charge in [-0.15, -0.1) is 11.3 Å². The van der Waals surface area contributed by atoms with Gasteiger partial charge in [0.05, 0.1) is 27.7 Å². The lowest BCUT2D eigenvalue weighted by molar-refractivity contribution is -0.140. The minimum Gasteiger partial charge on any atom is -0.350 e. The topological polar surface area (TPSA) is 75.2 Å². The molecule has 1 aliphatic rings. The second kappa shape index (κ2) is 10.3. The minimum absolute atomic E-state index is 0.00868. The van der Waals surface area contributed by atoms with Crippen LogP contribution in [0.5, 0.6) is 0 Å². The fraction of sp³-hybridized carbons (Fsp3) is 0.385. The van der Waals surface area contributed by atoms with Crippen molar-refractivity contribution in [1.29, 1.82) is 0 Å². The molecular formula is C26H30N4O2S. The highest BCUT2D eigenvalue weighted by Gasteiger charge is 2.38. The van der Waals surface area contributed by atoms with E-state index in [-0.39, 0.29) is 23.7 Å². The fourth-order valence-corrected chi connectivity index (χ4v) is 5.27. The first kappa shape index (κ1) is 23.1. The number of carbonyl (C=O) groups excluding carboxylic acids is 2. The molecule has 1 N–H and O–H groups in total. The van der Waals surface area contributed by atoms with Crippen molar-refractivity contribution in [3.8, 4) is 10.4 Å². The Balaban J connectivity index is 1.40. The van der Waals surface area contributed by atoms with E-state index in [2.05, 4.69) is 27.4 Å². The molecule has 2 unspecified atom stereocenters. The molecule has 2 aromatic heterocycles. The lowest BCUT2D eigenvalue weighted by Gasteiger charge is -2.29. The number of likely N-dealkylation sites (tertiary alicyclic amines) is 1. The Morgan fingerprint density at radius 1 is 1.15 bits per heavy atom. The first-order valence-electron chi connectivity index (χ1n) is 11.4. The number of aryl methyl sites for hydroxylation is 1. The fourth-order valence-electron chi connectivity index (χ4n) is 4.45. The third-order valence-corrected chi connectivity index (χ3v) is 7.18. The number of rotatable bonds is 7. The molecule has 1 fully saturated rings. The Hall–Kier alpha value is -3.06. The standard InChI is InChI=1S/C26H30N4O2S/c1-17(2)23(21-7-4-5-13-27-21)26(32)30-14-6-8-22(30)25(31)28-15-19-9-11-20(12-10-19)24-18(3)29-16-33-24/h4-5,7,9-13,16-17,22-23H,6,8,14-15H2,1-3H3,(H,28,31). The second-order valence-corrected chi connectivity index (χ2v) is 9.70. The second-order valence-electron chi connectivity index (χ2n) is 8.85. The van der Waals surface area contributed by atoms with Gasteiger partial charge in [-0.05, 0) is 48.9 Å². The van der Waals surface area contributed by atoms with Gasteiger partial charge in [0.1, 0.15) is 6.04 Å². The number of hydrogen-bond donors (Lipinski definition) is 1. The zero-order valence-electron chi connectivity index (χ0n) is 19.3.